The van der Waals surface area contributed by atoms with Crippen molar-refractivity contribution < 1.29 is 14.0 Å². The fraction of sp³-hybridized carbons (Fsp3) is 0.318. The highest BCUT2D eigenvalue weighted by molar-refractivity contribution is 6.33. The second-order valence-corrected chi connectivity index (χ2v) is 7.87. The van der Waals surface area contributed by atoms with Crippen LogP contribution in [0.4, 0.5) is 10.1 Å². The molecule has 8 heteroatoms. The lowest BCUT2D eigenvalue weighted by Gasteiger charge is -2.35. The van der Waals surface area contributed by atoms with Crippen molar-refractivity contribution in [1.29, 1.82) is 0 Å². The van der Waals surface area contributed by atoms with Crippen molar-refractivity contribution in [2.24, 2.45) is 5.10 Å². The van der Waals surface area contributed by atoms with Crippen LogP contribution in [0.3, 0.4) is 0 Å². The van der Waals surface area contributed by atoms with Gasteiger partial charge >= 0.3 is 0 Å². The molecule has 2 aliphatic heterocycles. The first-order valence-corrected chi connectivity index (χ1v) is 10.3. The van der Waals surface area contributed by atoms with Gasteiger partial charge in [-0.1, -0.05) is 11.6 Å². The summed E-state index contributed by atoms with van der Waals surface area (Å²) >= 11 is 6.01. The third kappa shape index (κ3) is 4.16. The Labute approximate surface area is 179 Å². The van der Waals surface area contributed by atoms with Crippen molar-refractivity contribution in [2.45, 2.75) is 13.3 Å². The molecule has 0 spiro atoms. The molecule has 0 aromatic heterocycles. The first kappa shape index (κ1) is 20.3. The standard InChI is InChI=1S/C22H22ClFN4O2/c1-15-8-9-28(25-15)18-5-2-16(3-6-18)21(29)26-10-12-27(13-11-26)22(30)19-7-4-17(24)14-20(19)23/h2-7,14H,8-13H2,1H3. The van der Waals surface area contributed by atoms with Crippen LogP contribution < -0.4 is 5.01 Å². The Hall–Kier alpha value is -2.93. The Kier molecular flexibility index (Phi) is 5.72. The van der Waals surface area contributed by atoms with Crippen molar-refractivity contribution in [3.05, 3.63) is 64.4 Å². The molecule has 30 heavy (non-hydrogen) atoms. The number of hydrogen-bond donors (Lipinski definition) is 0. The van der Waals surface area contributed by atoms with Crippen molar-refractivity contribution in [3.63, 3.8) is 0 Å². The van der Waals surface area contributed by atoms with Gasteiger partial charge in [0.05, 0.1) is 16.3 Å². The van der Waals surface area contributed by atoms with E-state index in [9.17, 15) is 14.0 Å². The van der Waals surface area contributed by atoms with Crippen LogP contribution >= 0.6 is 11.6 Å². The number of benzene rings is 2. The first-order chi connectivity index (χ1) is 14.4. The molecule has 2 aromatic rings. The number of nitrogens with zero attached hydrogens (tertiary/aromatic N) is 4. The van der Waals surface area contributed by atoms with E-state index in [0.717, 1.165) is 30.4 Å². The van der Waals surface area contributed by atoms with Crippen LogP contribution in [0.5, 0.6) is 0 Å². The molecule has 0 aliphatic carbocycles. The van der Waals surface area contributed by atoms with Gasteiger partial charge in [0.1, 0.15) is 5.82 Å². The second-order valence-electron chi connectivity index (χ2n) is 7.46. The number of piperazine rings is 1. The molecule has 0 radical (unpaired) electrons. The van der Waals surface area contributed by atoms with Gasteiger partial charge in [0, 0.05) is 50.4 Å². The summed E-state index contributed by atoms with van der Waals surface area (Å²) in [7, 11) is 0. The number of rotatable bonds is 3. The van der Waals surface area contributed by atoms with Crippen LogP contribution in [0.2, 0.25) is 5.02 Å². The monoisotopic (exact) mass is 428 g/mol. The van der Waals surface area contributed by atoms with Gasteiger partial charge in [-0.3, -0.25) is 14.6 Å². The number of halogens is 2. The van der Waals surface area contributed by atoms with Crippen LogP contribution in [0.1, 0.15) is 34.1 Å². The summed E-state index contributed by atoms with van der Waals surface area (Å²) in [4.78, 5) is 28.9. The maximum atomic E-state index is 13.2. The number of hydrogen-bond acceptors (Lipinski definition) is 4. The lowest BCUT2D eigenvalue weighted by atomic mass is 10.1. The highest BCUT2D eigenvalue weighted by Gasteiger charge is 2.26. The summed E-state index contributed by atoms with van der Waals surface area (Å²) in [5, 5.41) is 6.50. The van der Waals surface area contributed by atoms with Crippen molar-refractivity contribution in [3.8, 4) is 0 Å². The predicted molar refractivity (Wildman–Crippen MR) is 115 cm³/mol. The number of carbonyl (C=O) groups is 2. The fourth-order valence-electron chi connectivity index (χ4n) is 3.67. The molecule has 0 unspecified atom stereocenters. The molecular formula is C22H22ClFN4O2. The molecule has 0 saturated carbocycles. The molecule has 6 nitrogen and oxygen atoms in total. The van der Waals surface area contributed by atoms with Crippen LogP contribution in [0.25, 0.3) is 0 Å². The minimum absolute atomic E-state index is 0.0606. The average molecular weight is 429 g/mol. The average Bonchev–Trinajstić information content (AvgIpc) is 3.19. The summed E-state index contributed by atoms with van der Waals surface area (Å²) in [5.41, 5.74) is 2.95. The predicted octanol–water partition coefficient (Wildman–Crippen LogP) is 3.66. The van der Waals surface area contributed by atoms with E-state index in [1.54, 1.807) is 9.80 Å². The molecule has 4 rings (SSSR count). The zero-order valence-corrected chi connectivity index (χ0v) is 17.4. The van der Waals surface area contributed by atoms with Gasteiger partial charge in [0.25, 0.3) is 11.8 Å². The quantitative estimate of drug-likeness (QED) is 0.749. The van der Waals surface area contributed by atoms with E-state index in [4.69, 9.17) is 11.6 Å². The molecule has 2 aliphatic rings. The molecule has 156 valence electrons. The van der Waals surface area contributed by atoms with E-state index in [1.807, 2.05) is 36.2 Å². The van der Waals surface area contributed by atoms with Crippen molar-refractivity contribution in [2.75, 3.05) is 37.7 Å². The maximum Gasteiger partial charge on any atom is 0.255 e. The third-order valence-corrected chi connectivity index (χ3v) is 5.72. The summed E-state index contributed by atoms with van der Waals surface area (Å²) in [6.07, 6.45) is 0.951. The fourth-order valence-corrected chi connectivity index (χ4v) is 3.91. The van der Waals surface area contributed by atoms with Gasteiger partial charge in [0.15, 0.2) is 0 Å². The zero-order valence-electron chi connectivity index (χ0n) is 16.6. The Bertz CT molecular complexity index is 1000. The molecule has 2 heterocycles. The van der Waals surface area contributed by atoms with Crippen LogP contribution in [0.15, 0.2) is 47.6 Å². The topological polar surface area (TPSA) is 56.2 Å². The van der Waals surface area contributed by atoms with Gasteiger partial charge in [-0.25, -0.2) is 4.39 Å². The van der Waals surface area contributed by atoms with Crippen LogP contribution in [0, 0.1) is 5.82 Å². The summed E-state index contributed by atoms with van der Waals surface area (Å²) in [6.45, 7) is 4.53. The van der Waals surface area contributed by atoms with Gasteiger partial charge in [0.2, 0.25) is 0 Å². The molecule has 2 amide bonds. The SMILES string of the molecule is CC1=NN(c2ccc(C(=O)N3CCN(C(=O)c4ccc(F)cc4Cl)CC3)cc2)CC1. The zero-order chi connectivity index (χ0) is 21.3. The Morgan fingerprint density at radius 1 is 0.933 bits per heavy atom. The largest absolute Gasteiger partial charge is 0.335 e. The van der Waals surface area contributed by atoms with Gasteiger partial charge in [-0.15, -0.1) is 0 Å². The lowest BCUT2D eigenvalue weighted by Crippen LogP contribution is -2.50. The molecule has 1 saturated heterocycles. The lowest BCUT2D eigenvalue weighted by molar-refractivity contribution is 0.0535. The molecule has 0 atom stereocenters. The van der Waals surface area contributed by atoms with E-state index in [-0.39, 0.29) is 22.4 Å². The Morgan fingerprint density at radius 2 is 1.57 bits per heavy atom. The summed E-state index contributed by atoms with van der Waals surface area (Å²) < 4.78 is 13.2. The van der Waals surface area contributed by atoms with E-state index in [2.05, 4.69) is 5.10 Å². The van der Waals surface area contributed by atoms with Crippen LogP contribution in [-0.4, -0.2) is 60.0 Å². The third-order valence-electron chi connectivity index (χ3n) is 5.40. The van der Waals surface area contributed by atoms with E-state index < -0.39 is 5.82 Å². The van der Waals surface area contributed by atoms with Gasteiger partial charge in [-0.05, 0) is 49.4 Å². The van der Waals surface area contributed by atoms with E-state index in [1.165, 1.54) is 12.1 Å². The van der Waals surface area contributed by atoms with Gasteiger partial charge < -0.3 is 9.80 Å². The van der Waals surface area contributed by atoms with Crippen molar-refractivity contribution in [1.82, 2.24) is 9.80 Å². The smallest absolute Gasteiger partial charge is 0.255 e. The highest BCUT2D eigenvalue weighted by Crippen LogP contribution is 2.22. The highest BCUT2D eigenvalue weighted by atomic mass is 35.5. The van der Waals surface area contributed by atoms with Gasteiger partial charge in [-0.2, -0.15) is 5.10 Å². The van der Waals surface area contributed by atoms with Crippen LogP contribution in [-0.2, 0) is 0 Å². The summed E-state index contributed by atoms with van der Waals surface area (Å²) in [6, 6.07) is 11.2. The number of amides is 2. The molecule has 1 fully saturated rings. The molecule has 2 aromatic carbocycles. The normalized spacial score (nSPS) is 16.6. The van der Waals surface area contributed by atoms with E-state index >= 15 is 0 Å². The molecular weight excluding hydrogens is 407 g/mol. The number of hydrazone groups is 1. The minimum atomic E-state index is -0.482. The maximum absolute atomic E-state index is 13.2. The number of carbonyl (C=O) groups excluding carboxylic acids is 2. The minimum Gasteiger partial charge on any atom is -0.335 e. The number of anilines is 1. The van der Waals surface area contributed by atoms with E-state index in [0.29, 0.717) is 31.7 Å². The molecule has 0 N–H and O–H groups in total. The summed E-state index contributed by atoms with van der Waals surface area (Å²) in [5.74, 6) is -0.794. The first-order valence-electron chi connectivity index (χ1n) is 9.87. The molecule has 0 bridgehead atoms. The second kappa shape index (κ2) is 8.44. The Balaban J connectivity index is 1.36. The Morgan fingerprint density at radius 3 is 2.13 bits per heavy atom. The van der Waals surface area contributed by atoms with Crippen molar-refractivity contribution >= 4 is 34.8 Å².